The molecule has 0 amide bonds. The zero-order valence-electron chi connectivity index (χ0n) is 15.1. The van der Waals surface area contributed by atoms with Gasteiger partial charge in [-0.2, -0.15) is 4.98 Å². The van der Waals surface area contributed by atoms with Crippen LogP contribution in [0.2, 0.25) is 0 Å². The average Bonchev–Trinajstić information content (AvgIpc) is 3.12. The SMILES string of the molecule is Cc1ccc(-c2noc(C(C)N3CCCC(CCC(=O)O)C3)n2)cc1F. The largest absolute Gasteiger partial charge is 0.481 e. The first-order chi connectivity index (χ1) is 12.4. The third-order valence-corrected chi connectivity index (χ3v) is 5.09. The van der Waals surface area contributed by atoms with Gasteiger partial charge in [0.1, 0.15) is 5.82 Å². The minimum Gasteiger partial charge on any atom is -0.481 e. The summed E-state index contributed by atoms with van der Waals surface area (Å²) in [6, 6.07) is 4.83. The van der Waals surface area contributed by atoms with Gasteiger partial charge in [0.25, 0.3) is 0 Å². The molecule has 2 heterocycles. The number of carbonyl (C=O) groups is 1. The van der Waals surface area contributed by atoms with E-state index in [-0.39, 0.29) is 18.3 Å². The summed E-state index contributed by atoms with van der Waals surface area (Å²) in [5.41, 5.74) is 1.17. The molecule has 140 valence electrons. The number of carboxylic acids is 1. The molecular weight excluding hydrogens is 337 g/mol. The molecule has 1 aromatic heterocycles. The fourth-order valence-corrected chi connectivity index (χ4v) is 3.42. The number of nitrogens with zero attached hydrogens (tertiary/aromatic N) is 3. The van der Waals surface area contributed by atoms with Crippen molar-refractivity contribution in [3.8, 4) is 11.4 Å². The molecule has 0 aliphatic carbocycles. The van der Waals surface area contributed by atoms with E-state index in [0.717, 1.165) is 25.9 Å². The lowest BCUT2D eigenvalue weighted by atomic mass is 9.92. The van der Waals surface area contributed by atoms with E-state index in [1.165, 1.54) is 6.07 Å². The fraction of sp³-hybridized carbons (Fsp3) is 0.526. The minimum absolute atomic E-state index is 0.0563. The Labute approximate surface area is 152 Å². The molecule has 6 nitrogen and oxygen atoms in total. The van der Waals surface area contributed by atoms with Crippen molar-refractivity contribution in [1.82, 2.24) is 15.0 Å². The summed E-state index contributed by atoms with van der Waals surface area (Å²) < 4.78 is 19.2. The maximum atomic E-state index is 13.8. The first-order valence-electron chi connectivity index (χ1n) is 9.00. The number of hydrogen-bond donors (Lipinski definition) is 1. The number of aliphatic carboxylic acids is 1. The van der Waals surface area contributed by atoms with Crippen LogP contribution < -0.4 is 0 Å². The molecule has 3 rings (SSSR count). The number of aromatic nitrogens is 2. The first-order valence-corrected chi connectivity index (χ1v) is 9.00. The number of likely N-dealkylation sites (tertiary alicyclic amines) is 1. The standard InChI is InChI=1S/C19H24FN3O3/c1-12-5-7-15(10-16(12)20)18-21-19(26-22-18)13(2)23-9-3-4-14(11-23)6-8-17(24)25/h5,7,10,13-14H,3-4,6,8-9,11H2,1-2H3,(H,24,25). The van der Waals surface area contributed by atoms with Crippen LogP contribution >= 0.6 is 0 Å². The van der Waals surface area contributed by atoms with Gasteiger partial charge < -0.3 is 9.63 Å². The molecule has 1 aromatic carbocycles. The second-order valence-electron chi connectivity index (χ2n) is 7.03. The van der Waals surface area contributed by atoms with Gasteiger partial charge in [0, 0.05) is 18.5 Å². The summed E-state index contributed by atoms with van der Waals surface area (Å²) in [6.45, 7) is 5.46. The number of aryl methyl sites for hydroxylation is 1. The number of carboxylic acid groups (broad SMARTS) is 1. The second kappa shape index (κ2) is 7.95. The van der Waals surface area contributed by atoms with Crippen molar-refractivity contribution in [2.24, 2.45) is 5.92 Å². The first kappa shape index (κ1) is 18.5. The topological polar surface area (TPSA) is 79.5 Å². The van der Waals surface area contributed by atoms with Gasteiger partial charge in [-0.3, -0.25) is 9.69 Å². The van der Waals surface area contributed by atoms with E-state index in [1.807, 2.05) is 6.92 Å². The van der Waals surface area contributed by atoms with Crippen LogP contribution in [0.15, 0.2) is 22.7 Å². The van der Waals surface area contributed by atoms with Crippen molar-refractivity contribution >= 4 is 5.97 Å². The maximum absolute atomic E-state index is 13.8. The number of halogens is 1. The Morgan fingerprint density at radius 3 is 3.04 bits per heavy atom. The highest BCUT2D eigenvalue weighted by molar-refractivity contribution is 5.66. The molecule has 2 unspecified atom stereocenters. The van der Waals surface area contributed by atoms with E-state index < -0.39 is 5.97 Å². The Kier molecular flexibility index (Phi) is 5.66. The third-order valence-electron chi connectivity index (χ3n) is 5.09. The molecular formula is C19H24FN3O3. The lowest BCUT2D eigenvalue weighted by Crippen LogP contribution is -2.37. The summed E-state index contributed by atoms with van der Waals surface area (Å²) >= 11 is 0. The van der Waals surface area contributed by atoms with Crippen LogP contribution in [0.5, 0.6) is 0 Å². The molecule has 26 heavy (non-hydrogen) atoms. The van der Waals surface area contributed by atoms with E-state index in [2.05, 4.69) is 15.0 Å². The Morgan fingerprint density at radius 1 is 1.50 bits per heavy atom. The predicted octanol–water partition coefficient (Wildman–Crippen LogP) is 3.82. The van der Waals surface area contributed by atoms with Crippen LogP contribution in [-0.2, 0) is 4.79 Å². The summed E-state index contributed by atoms with van der Waals surface area (Å²) in [4.78, 5) is 17.5. The van der Waals surface area contributed by atoms with Crippen LogP contribution in [0.1, 0.15) is 50.1 Å². The van der Waals surface area contributed by atoms with Gasteiger partial charge in [0.05, 0.1) is 6.04 Å². The molecule has 1 saturated heterocycles. The Hall–Kier alpha value is -2.28. The molecule has 1 N–H and O–H groups in total. The summed E-state index contributed by atoms with van der Waals surface area (Å²) in [5, 5.41) is 12.9. The van der Waals surface area contributed by atoms with Gasteiger partial charge in [0.15, 0.2) is 0 Å². The van der Waals surface area contributed by atoms with Crippen molar-refractivity contribution in [3.05, 3.63) is 35.5 Å². The van der Waals surface area contributed by atoms with E-state index >= 15 is 0 Å². The van der Waals surface area contributed by atoms with Crippen LogP contribution in [0.3, 0.4) is 0 Å². The van der Waals surface area contributed by atoms with Crippen molar-refractivity contribution in [1.29, 1.82) is 0 Å². The Bertz CT molecular complexity index is 777. The average molecular weight is 361 g/mol. The van der Waals surface area contributed by atoms with E-state index in [0.29, 0.717) is 35.2 Å². The predicted molar refractivity (Wildman–Crippen MR) is 94.0 cm³/mol. The second-order valence-corrected chi connectivity index (χ2v) is 7.03. The molecule has 0 bridgehead atoms. The van der Waals surface area contributed by atoms with Crippen LogP contribution in [0.4, 0.5) is 4.39 Å². The zero-order chi connectivity index (χ0) is 18.7. The van der Waals surface area contributed by atoms with Gasteiger partial charge in [-0.05, 0) is 57.2 Å². The van der Waals surface area contributed by atoms with E-state index in [9.17, 15) is 9.18 Å². The molecule has 0 spiro atoms. The van der Waals surface area contributed by atoms with Crippen LogP contribution in [0.25, 0.3) is 11.4 Å². The van der Waals surface area contributed by atoms with Crippen LogP contribution in [0, 0.1) is 18.7 Å². The molecule has 1 aliphatic heterocycles. The highest BCUT2D eigenvalue weighted by Gasteiger charge is 2.28. The molecule has 0 saturated carbocycles. The highest BCUT2D eigenvalue weighted by atomic mass is 19.1. The number of benzene rings is 1. The number of rotatable bonds is 6. The fourth-order valence-electron chi connectivity index (χ4n) is 3.42. The van der Waals surface area contributed by atoms with Gasteiger partial charge in [-0.15, -0.1) is 0 Å². The highest BCUT2D eigenvalue weighted by Crippen LogP contribution is 2.29. The number of piperidine rings is 1. The lowest BCUT2D eigenvalue weighted by molar-refractivity contribution is -0.137. The van der Waals surface area contributed by atoms with Gasteiger partial charge in [0.2, 0.25) is 11.7 Å². The van der Waals surface area contributed by atoms with Crippen molar-refractivity contribution in [2.45, 2.75) is 45.6 Å². The molecule has 2 atom stereocenters. The number of hydrogen-bond acceptors (Lipinski definition) is 5. The monoisotopic (exact) mass is 361 g/mol. The third kappa shape index (κ3) is 4.27. The Balaban J connectivity index is 1.68. The smallest absolute Gasteiger partial charge is 0.303 e. The summed E-state index contributed by atoms with van der Waals surface area (Å²) in [5.74, 6) is 0.210. The van der Waals surface area contributed by atoms with Crippen molar-refractivity contribution < 1.29 is 18.8 Å². The molecule has 2 aromatic rings. The van der Waals surface area contributed by atoms with Gasteiger partial charge >= 0.3 is 5.97 Å². The summed E-state index contributed by atoms with van der Waals surface area (Å²) in [7, 11) is 0. The van der Waals surface area contributed by atoms with Crippen molar-refractivity contribution in [3.63, 3.8) is 0 Å². The maximum Gasteiger partial charge on any atom is 0.303 e. The van der Waals surface area contributed by atoms with E-state index in [4.69, 9.17) is 9.63 Å². The van der Waals surface area contributed by atoms with Gasteiger partial charge in [-0.1, -0.05) is 17.3 Å². The molecule has 1 fully saturated rings. The molecule has 7 heteroatoms. The minimum atomic E-state index is -0.748. The zero-order valence-corrected chi connectivity index (χ0v) is 15.1. The normalized spacial score (nSPS) is 19.4. The lowest BCUT2D eigenvalue weighted by Gasteiger charge is -2.35. The van der Waals surface area contributed by atoms with Gasteiger partial charge in [-0.25, -0.2) is 4.39 Å². The summed E-state index contributed by atoms with van der Waals surface area (Å²) in [6.07, 6.45) is 2.97. The molecule has 0 radical (unpaired) electrons. The van der Waals surface area contributed by atoms with E-state index in [1.54, 1.807) is 19.1 Å². The molecule has 1 aliphatic rings. The van der Waals surface area contributed by atoms with Crippen molar-refractivity contribution in [2.75, 3.05) is 13.1 Å². The quantitative estimate of drug-likeness (QED) is 0.842. The Morgan fingerprint density at radius 2 is 2.31 bits per heavy atom. The van der Waals surface area contributed by atoms with Crippen LogP contribution in [-0.4, -0.2) is 39.2 Å².